The molecule has 80 heavy (non-hydrogen) atoms. The van der Waals surface area contributed by atoms with Gasteiger partial charge in [-0.2, -0.15) is 0 Å². The van der Waals surface area contributed by atoms with Crippen LogP contribution in [0.15, 0.2) is 261 Å². The van der Waals surface area contributed by atoms with Crippen molar-refractivity contribution in [3.05, 3.63) is 306 Å². The molecule has 0 saturated carbocycles. The van der Waals surface area contributed by atoms with Crippen LogP contribution in [-0.2, 0) is 25.7 Å². The maximum atomic E-state index is 4.79. The highest BCUT2D eigenvalue weighted by Crippen LogP contribution is 2.42. The first kappa shape index (κ1) is 51.2. The molecular formula is C77H63N3. The summed E-state index contributed by atoms with van der Waals surface area (Å²) in [6.07, 6.45) is 9.13. The summed E-state index contributed by atoms with van der Waals surface area (Å²) < 4.78 is 0. The molecule has 0 aliphatic carbocycles. The summed E-state index contributed by atoms with van der Waals surface area (Å²) in [7, 11) is 0. The van der Waals surface area contributed by atoms with Crippen molar-refractivity contribution in [1.29, 1.82) is 0 Å². The largest absolute Gasteiger partial charge is 0.256 e. The van der Waals surface area contributed by atoms with Crippen LogP contribution in [-0.4, -0.2) is 15.0 Å². The van der Waals surface area contributed by atoms with E-state index in [2.05, 4.69) is 252 Å². The summed E-state index contributed by atoms with van der Waals surface area (Å²) in [4.78, 5) is 14.3. The second-order valence-electron chi connectivity index (χ2n) is 21.3. The molecule has 3 aromatic heterocycles. The molecule has 9 aromatic carbocycles. The normalized spacial score (nSPS) is 11.2. The zero-order valence-corrected chi connectivity index (χ0v) is 46.0. The molecule has 0 bridgehead atoms. The van der Waals surface area contributed by atoms with Crippen LogP contribution in [0.4, 0.5) is 0 Å². The van der Waals surface area contributed by atoms with Crippen LogP contribution in [0.5, 0.6) is 0 Å². The van der Waals surface area contributed by atoms with E-state index in [4.69, 9.17) is 15.0 Å². The Labute approximate surface area is 472 Å². The SMILES string of the molecule is Cc1ccc(C)c(-c2cc(-c3ccccn3)ccc2CCc2cc(CCc3ccc(-c4ccccn4)cc3-c3cc(C)ccc3C)cc(-c3ccccc3-c3ccc(-c4ccccn4)cc3-c3ccc(-c4ccccc4)cc3)c2)c1. The molecule has 12 rings (SSSR count). The Kier molecular flexibility index (Phi) is 14.8. The average molecular weight is 1030 g/mol. The lowest BCUT2D eigenvalue weighted by Crippen LogP contribution is -2.01. The van der Waals surface area contributed by atoms with Gasteiger partial charge in [0, 0.05) is 35.3 Å². The maximum absolute atomic E-state index is 4.79. The van der Waals surface area contributed by atoms with E-state index in [0.717, 1.165) is 70.6 Å². The molecule has 0 spiro atoms. The Morgan fingerprint density at radius 3 is 1.15 bits per heavy atom. The third kappa shape index (κ3) is 11.2. The summed E-state index contributed by atoms with van der Waals surface area (Å²) >= 11 is 0. The van der Waals surface area contributed by atoms with E-state index in [1.54, 1.807) is 0 Å². The van der Waals surface area contributed by atoms with E-state index in [1.807, 2.05) is 36.8 Å². The molecule has 12 aromatic rings. The summed E-state index contributed by atoms with van der Waals surface area (Å²) in [5.41, 5.74) is 31.1. The van der Waals surface area contributed by atoms with Crippen LogP contribution < -0.4 is 0 Å². The molecule has 0 unspecified atom stereocenters. The quantitative estimate of drug-likeness (QED) is 0.103. The van der Waals surface area contributed by atoms with Crippen molar-refractivity contribution in [2.45, 2.75) is 53.4 Å². The summed E-state index contributed by atoms with van der Waals surface area (Å²) in [6.45, 7) is 8.84. The number of aromatic nitrogens is 3. The zero-order chi connectivity index (χ0) is 54.4. The molecule has 0 fully saturated rings. The van der Waals surface area contributed by atoms with Crippen LogP contribution in [0.1, 0.15) is 44.5 Å². The van der Waals surface area contributed by atoms with E-state index in [9.17, 15) is 0 Å². The number of aryl methyl sites for hydroxylation is 8. The second kappa shape index (κ2) is 23.2. The highest BCUT2D eigenvalue weighted by Gasteiger charge is 2.19. The van der Waals surface area contributed by atoms with Crippen molar-refractivity contribution in [2.24, 2.45) is 0 Å². The van der Waals surface area contributed by atoms with E-state index in [0.29, 0.717) is 0 Å². The van der Waals surface area contributed by atoms with Gasteiger partial charge in [-0.25, -0.2) is 0 Å². The van der Waals surface area contributed by atoms with Gasteiger partial charge < -0.3 is 0 Å². The number of nitrogens with zero attached hydrogens (tertiary/aromatic N) is 3. The molecule has 3 heteroatoms. The Bertz CT molecular complexity index is 3970. The lowest BCUT2D eigenvalue weighted by molar-refractivity contribution is 0.933. The summed E-state index contributed by atoms with van der Waals surface area (Å²) in [5, 5.41) is 0. The highest BCUT2D eigenvalue weighted by atomic mass is 14.7. The van der Waals surface area contributed by atoms with Crippen molar-refractivity contribution in [1.82, 2.24) is 15.0 Å². The monoisotopic (exact) mass is 1030 g/mol. The van der Waals surface area contributed by atoms with Crippen molar-refractivity contribution in [3.63, 3.8) is 0 Å². The molecule has 0 N–H and O–H groups in total. The predicted octanol–water partition coefficient (Wildman–Crippen LogP) is 19.7. The molecule has 0 amide bonds. The molecule has 0 saturated heterocycles. The standard InChI is InChI=1S/C77H63N3/c1-52-23-25-54(3)70(44-52)73-50-63(75-20-10-13-41-78-75)37-35-60(73)29-27-56-46-57(28-30-61-36-38-64(76-21-11-14-42-79-76)51-74(61)71-45-53(2)24-26-55(71)4)48-66(47-56)67-18-8-9-19-68(67)69-40-39-65(77-22-12-15-43-80-77)49-72(69)62-33-31-59(32-34-62)58-16-6-5-7-17-58/h5-26,31-51H,27-30H2,1-4H3. The van der Waals surface area contributed by atoms with E-state index in [1.165, 1.54) is 100 Å². The fraction of sp³-hybridized carbons (Fsp3) is 0.104. The van der Waals surface area contributed by atoms with Crippen molar-refractivity contribution < 1.29 is 0 Å². The Hall–Kier alpha value is -9.57. The third-order valence-corrected chi connectivity index (χ3v) is 15.7. The molecule has 3 heterocycles. The van der Waals surface area contributed by atoms with Gasteiger partial charge in [0.2, 0.25) is 0 Å². The Morgan fingerprint density at radius 1 is 0.237 bits per heavy atom. The van der Waals surface area contributed by atoms with Gasteiger partial charge >= 0.3 is 0 Å². The predicted molar refractivity (Wildman–Crippen MR) is 335 cm³/mol. The van der Waals surface area contributed by atoms with Gasteiger partial charge in [-0.3, -0.25) is 15.0 Å². The average Bonchev–Trinajstić information content (AvgIpc) is 3.69. The van der Waals surface area contributed by atoms with Crippen LogP contribution >= 0.6 is 0 Å². The number of benzene rings is 9. The van der Waals surface area contributed by atoms with Gasteiger partial charge in [-0.15, -0.1) is 0 Å². The van der Waals surface area contributed by atoms with Crippen molar-refractivity contribution in [3.8, 4) is 101 Å². The molecule has 0 aliphatic rings. The first-order valence-electron chi connectivity index (χ1n) is 28.0. The molecule has 3 nitrogen and oxygen atoms in total. The maximum Gasteiger partial charge on any atom is 0.0702 e. The molecular weight excluding hydrogens is 967 g/mol. The summed E-state index contributed by atoms with van der Waals surface area (Å²) in [6, 6.07) is 88.9. The molecule has 386 valence electrons. The van der Waals surface area contributed by atoms with E-state index >= 15 is 0 Å². The second-order valence-corrected chi connectivity index (χ2v) is 21.3. The minimum Gasteiger partial charge on any atom is -0.256 e. The van der Waals surface area contributed by atoms with Crippen molar-refractivity contribution in [2.75, 3.05) is 0 Å². The van der Waals surface area contributed by atoms with E-state index < -0.39 is 0 Å². The van der Waals surface area contributed by atoms with Gasteiger partial charge in [0.1, 0.15) is 0 Å². The first-order chi connectivity index (χ1) is 39.3. The van der Waals surface area contributed by atoms with Gasteiger partial charge in [-0.1, -0.05) is 199 Å². The number of hydrogen-bond donors (Lipinski definition) is 0. The van der Waals surface area contributed by atoms with Gasteiger partial charge in [-0.05, 0) is 208 Å². The highest BCUT2D eigenvalue weighted by molar-refractivity contribution is 5.94. The minimum atomic E-state index is 0.869. The van der Waals surface area contributed by atoms with Crippen LogP contribution in [0, 0.1) is 27.7 Å². The topological polar surface area (TPSA) is 38.7 Å². The van der Waals surface area contributed by atoms with Crippen LogP contribution in [0.3, 0.4) is 0 Å². The molecule has 0 atom stereocenters. The summed E-state index contributed by atoms with van der Waals surface area (Å²) in [5.74, 6) is 0. The number of pyridine rings is 3. The lowest BCUT2D eigenvalue weighted by Gasteiger charge is -2.19. The zero-order valence-electron chi connectivity index (χ0n) is 46.0. The van der Waals surface area contributed by atoms with Crippen LogP contribution in [0.25, 0.3) is 101 Å². The van der Waals surface area contributed by atoms with Crippen molar-refractivity contribution >= 4 is 0 Å². The number of hydrogen-bond acceptors (Lipinski definition) is 3. The molecule has 0 radical (unpaired) electrons. The fourth-order valence-corrected chi connectivity index (χ4v) is 11.4. The number of rotatable bonds is 15. The third-order valence-electron chi connectivity index (χ3n) is 15.7. The Morgan fingerprint density at radius 2 is 0.650 bits per heavy atom. The fourth-order valence-electron chi connectivity index (χ4n) is 11.4. The first-order valence-corrected chi connectivity index (χ1v) is 28.0. The van der Waals surface area contributed by atoms with Gasteiger partial charge in [0.15, 0.2) is 0 Å². The molecule has 0 aliphatic heterocycles. The lowest BCUT2D eigenvalue weighted by atomic mass is 9.85. The minimum absolute atomic E-state index is 0.869. The van der Waals surface area contributed by atoms with Gasteiger partial charge in [0.25, 0.3) is 0 Å². The Balaban J connectivity index is 0.974. The van der Waals surface area contributed by atoms with Gasteiger partial charge in [0.05, 0.1) is 17.1 Å². The smallest absolute Gasteiger partial charge is 0.0702 e. The van der Waals surface area contributed by atoms with Crippen LogP contribution in [0.2, 0.25) is 0 Å². The van der Waals surface area contributed by atoms with E-state index in [-0.39, 0.29) is 0 Å².